The average molecular weight is 1950 g/mol. The Bertz CT molecular complexity index is 6690. The van der Waals surface area contributed by atoms with Gasteiger partial charge in [0.25, 0.3) is 0 Å². The van der Waals surface area contributed by atoms with Crippen LogP contribution in [0.2, 0.25) is 0 Å². The molecule has 0 aliphatic carbocycles. The third-order valence-electron chi connectivity index (χ3n) is 28.8. The summed E-state index contributed by atoms with van der Waals surface area (Å²) in [5, 5.41) is 49.9. The summed E-state index contributed by atoms with van der Waals surface area (Å²) in [4.78, 5) is 43.5. The molecule has 3 N–H and O–H groups in total. The van der Waals surface area contributed by atoms with Crippen LogP contribution in [0.15, 0.2) is 218 Å². The lowest BCUT2D eigenvalue weighted by molar-refractivity contribution is 0.217. The van der Waals surface area contributed by atoms with Gasteiger partial charge in [-0.15, -0.1) is 0 Å². The minimum atomic E-state index is 0.0663. The topological polar surface area (TPSA) is 232 Å². The molecule has 3 heterocycles. The molecule has 0 saturated carbocycles. The summed E-state index contributed by atoms with van der Waals surface area (Å²) in [6, 6.07) is 74.2. The van der Waals surface area contributed by atoms with E-state index in [9.17, 15) is 15.3 Å². The molecule has 13 aromatic carbocycles. The van der Waals surface area contributed by atoms with Gasteiger partial charge in [-0.05, 0) is 204 Å². The van der Waals surface area contributed by atoms with E-state index in [0.29, 0.717) is 132 Å². The van der Waals surface area contributed by atoms with Gasteiger partial charge in [-0.3, -0.25) is 0 Å². The highest BCUT2D eigenvalue weighted by Crippen LogP contribution is 2.44. The van der Waals surface area contributed by atoms with Crippen molar-refractivity contribution in [2.24, 2.45) is 23.7 Å². The highest BCUT2D eigenvalue weighted by molar-refractivity contribution is 6.25. The SMILES string of the molecule is CCCCC(CC)COc1ccc(-c2nc(OCC(CC)CCCC)nc(-c3ccc4cc5ccccc5cc4c3)n2)c(O)c1.CCCCCCCCCCCCOc1ccc(-c2nc(OCC(CC)CCCC)nc(-c3cc4ccccc4c4ccccc34)n2)c(O)c1.CCCCCCCCCCCCOc1ccc(-c2nc(OCC(CC)CCCC)nc(-c3ccc4ccc5cccc6ccc3c4c56)n2)c(O)c1. The van der Waals surface area contributed by atoms with Crippen molar-refractivity contribution in [1.82, 2.24) is 44.9 Å². The van der Waals surface area contributed by atoms with Gasteiger partial charge >= 0.3 is 18.0 Å². The molecule has 4 atom stereocenters. The number of fused-ring (bicyclic) bond motifs is 5. The zero-order chi connectivity index (χ0) is 101. The van der Waals surface area contributed by atoms with Crippen LogP contribution < -0.4 is 28.4 Å². The van der Waals surface area contributed by atoms with Crippen LogP contribution in [-0.4, -0.2) is 99.8 Å². The van der Waals surface area contributed by atoms with Crippen molar-refractivity contribution in [2.75, 3.05) is 39.6 Å². The van der Waals surface area contributed by atoms with Crippen LogP contribution >= 0.6 is 0 Å². The van der Waals surface area contributed by atoms with E-state index in [1.165, 1.54) is 178 Å². The summed E-state index contributed by atoms with van der Waals surface area (Å²) >= 11 is 0. The second kappa shape index (κ2) is 57.2. The second-order valence-corrected chi connectivity index (χ2v) is 39.7. The summed E-state index contributed by atoms with van der Waals surface area (Å²) in [5.74, 6) is 6.57. The first kappa shape index (κ1) is 108. The number of ether oxygens (including phenoxy) is 6. The van der Waals surface area contributed by atoms with E-state index in [0.717, 1.165) is 145 Å². The Morgan fingerprint density at radius 1 is 0.214 bits per heavy atom. The number of hydrogen-bond acceptors (Lipinski definition) is 18. The van der Waals surface area contributed by atoms with Crippen molar-refractivity contribution in [1.29, 1.82) is 0 Å². The summed E-state index contributed by atoms with van der Waals surface area (Å²) in [7, 11) is 0. The van der Waals surface area contributed by atoms with Crippen molar-refractivity contribution in [3.63, 3.8) is 0 Å². The Balaban J connectivity index is 0.000000173. The molecule has 18 heteroatoms. The number of phenolic OH excluding ortho intramolecular Hbond substituents is 3. The van der Waals surface area contributed by atoms with Crippen molar-refractivity contribution in [3.05, 3.63) is 218 Å². The molecule has 0 aliphatic heterocycles. The molecule has 18 nitrogen and oxygen atoms in total. The van der Waals surface area contributed by atoms with Gasteiger partial charge in [-0.25, -0.2) is 15.0 Å². The van der Waals surface area contributed by atoms with E-state index in [4.69, 9.17) is 68.3 Å². The molecule has 16 aromatic rings. The van der Waals surface area contributed by atoms with Gasteiger partial charge < -0.3 is 43.7 Å². The number of unbranched alkanes of at least 4 members (excludes halogenated alkanes) is 22. The smallest absolute Gasteiger partial charge is 0.320 e. The molecule has 0 saturated heterocycles. The minimum absolute atomic E-state index is 0.0663. The van der Waals surface area contributed by atoms with Crippen molar-refractivity contribution in [2.45, 2.75) is 300 Å². The number of benzene rings is 13. The standard InChI is InChI=1S/C45H55N3O3.C43H55N3O3.C39H47N3O3/c1-4-7-9-10-11-12-13-14-15-16-29-50-36-25-28-39(40(49)30-36)44-46-43(47-45(48-44)51-31-32(6-3)18-8-5-2)38-27-24-35-22-21-33-19-17-20-34-23-26-37(38)42(35)41(33)34;1-4-7-9-10-11-12-13-14-15-20-28-48-34-26-27-38(40(47)30-34)41-44-42(46-43(45-41)49-31-32(6-3)21-8-5-2)39-29-33-22-16-17-23-35(33)36-24-18-19-25-37(36)39;1-5-9-13-27(7-3)25-44-34-19-20-35(36(43)24-34)38-40-37(41-39(42-38)45-26-28(8-4)14-10-6-2)32-18-17-31-21-29-15-11-12-16-30(29)22-33(31)23-32/h17,19-28,30,32,49H,4-16,18,29,31H2,1-3H3;16-19,22-27,29-30,32,47H,4-15,20-21,28,31H2,1-3H3;11-12,15-24,27-28,43H,5-10,13-14,25-26H2,1-4H3. The van der Waals surface area contributed by atoms with Gasteiger partial charge in [0.15, 0.2) is 34.9 Å². The van der Waals surface area contributed by atoms with E-state index < -0.39 is 0 Å². The third-order valence-corrected chi connectivity index (χ3v) is 28.8. The number of aromatic nitrogens is 9. The molecule has 0 bridgehead atoms. The largest absolute Gasteiger partial charge is 0.507 e. The summed E-state index contributed by atoms with van der Waals surface area (Å²) in [5.41, 5.74) is 4.22. The van der Waals surface area contributed by atoms with E-state index in [2.05, 4.69) is 220 Å². The number of aromatic hydroxyl groups is 3. The predicted molar refractivity (Wildman–Crippen MR) is 601 cm³/mol. The van der Waals surface area contributed by atoms with Gasteiger partial charge in [0, 0.05) is 34.9 Å². The Hall–Kier alpha value is -12.8. The zero-order valence-electron chi connectivity index (χ0n) is 88.1. The molecule has 4 unspecified atom stereocenters. The van der Waals surface area contributed by atoms with Gasteiger partial charge in [-0.2, -0.15) is 29.9 Å². The maximum atomic E-state index is 11.3. The fourth-order valence-corrected chi connectivity index (χ4v) is 19.6. The lowest BCUT2D eigenvalue weighted by Gasteiger charge is -2.17. The highest BCUT2D eigenvalue weighted by atomic mass is 16.5. The first-order chi connectivity index (χ1) is 71.2. The van der Waals surface area contributed by atoms with E-state index >= 15 is 0 Å². The van der Waals surface area contributed by atoms with Gasteiger partial charge in [0.2, 0.25) is 0 Å². The number of nitrogens with zero attached hydrogens (tertiary/aromatic N) is 9. The molecule has 764 valence electrons. The van der Waals surface area contributed by atoms with Crippen molar-refractivity contribution < 1.29 is 43.7 Å². The van der Waals surface area contributed by atoms with Crippen LogP contribution in [0.25, 0.3) is 144 Å². The molecule has 145 heavy (non-hydrogen) atoms. The van der Waals surface area contributed by atoms with Gasteiger partial charge in [0.05, 0.1) is 56.3 Å². The van der Waals surface area contributed by atoms with Crippen LogP contribution in [0.4, 0.5) is 0 Å². The Kier molecular flexibility index (Phi) is 42.5. The summed E-state index contributed by atoms with van der Waals surface area (Å²) in [6.07, 6.45) is 43.6. The molecule has 0 spiro atoms. The Labute approximate surface area is 861 Å². The van der Waals surface area contributed by atoms with E-state index in [-0.39, 0.29) is 35.3 Å². The van der Waals surface area contributed by atoms with Crippen LogP contribution in [0.1, 0.15) is 300 Å². The lowest BCUT2D eigenvalue weighted by Crippen LogP contribution is -2.13. The van der Waals surface area contributed by atoms with Gasteiger partial charge in [0.1, 0.15) is 34.5 Å². The number of phenols is 3. The highest BCUT2D eigenvalue weighted by Gasteiger charge is 2.25. The number of rotatable bonds is 58. The normalized spacial score (nSPS) is 12.4. The van der Waals surface area contributed by atoms with E-state index in [1.54, 1.807) is 18.2 Å². The van der Waals surface area contributed by atoms with Gasteiger partial charge in [-0.1, -0.05) is 395 Å². The summed E-state index contributed by atoms with van der Waals surface area (Å²) < 4.78 is 37.0. The van der Waals surface area contributed by atoms with Crippen LogP contribution in [0, 0.1) is 23.7 Å². The van der Waals surface area contributed by atoms with Crippen LogP contribution in [0.3, 0.4) is 0 Å². The molecule has 16 rings (SSSR count). The van der Waals surface area contributed by atoms with Crippen LogP contribution in [-0.2, 0) is 0 Å². The fraction of sp³-hybridized carbons (Fsp3) is 0.441. The molecule has 0 aliphatic rings. The minimum Gasteiger partial charge on any atom is -0.507 e. The Morgan fingerprint density at radius 3 is 0.979 bits per heavy atom. The second-order valence-electron chi connectivity index (χ2n) is 39.7. The molecule has 0 radical (unpaired) electrons. The molecular formula is C127H157N9O9. The quantitative estimate of drug-likeness (QED) is 0.0183. The first-order valence-corrected chi connectivity index (χ1v) is 55.3. The summed E-state index contributed by atoms with van der Waals surface area (Å²) in [6.45, 7) is 25.7. The predicted octanol–water partition coefficient (Wildman–Crippen LogP) is 35.2. The zero-order valence-corrected chi connectivity index (χ0v) is 88.1. The van der Waals surface area contributed by atoms with Crippen molar-refractivity contribution in [3.8, 4) is 121 Å². The lowest BCUT2D eigenvalue weighted by atomic mass is 9.92. The maximum absolute atomic E-state index is 11.3. The Morgan fingerprint density at radius 2 is 0.538 bits per heavy atom. The molecule has 0 amide bonds. The molecule has 0 fully saturated rings. The van der Waals surface area contributed by atoms with Crippen molar-refractivity contribution >= 4 is 75.4 Å². The van der Waals surface area contributed by atoms with E-state index in [1.807, 2.05) is 54.6 Å². The fourth-order valence-electron chi connectivity index (χ4n) is 19.6. The molecule has 3 aromatic heterocycles. The molecular weight excluding hydrogens is 1800 g/mol. The monoisotopic (exact) mass is 1950 g/mol. The number of hydrogen-bond donors (Lipinski definition) is 3. The maximum Gasteiger partial charge on any atom is 0.320 e. The van der Waals surface area contributed by atoms with Crippen LogP contribution in [0.5, 0.6) is 52.5 Å². The third kappa shape index (κ3) is 30.7. The first-order valence-electron chi connectivity index (χ1n) is 55.3. The average Bonchev–Trinajstić information content (AvgIpc) is 0.734.